The monoisotopic (exact) mass is 477 g/mol. The van der Waals surface area contributed by atoms with Crippen molar-refractivity contribution in [3.8, 4) is 11.1 Å². The Morgan fingerprint density at radius 1 is 0.914 bits per heavy atom. The predicted octanol–water partition coefficient (Wildman–Crippen LogP) is 2.11. The van der Waals surface area contributed by atoms with Crippen LogP contribution in [0.1, 0.15) is 36.3 Å². The Morgan fingerprint density at radius 2 is 1.57 bits per heavy atom. The molecule has 2 aliphatic heterocycles. The minimum atomic E-state index is -0.883. The van der Waals surface area contributed by atoms with Gasteiger partial charge >= 0.3 is 12.1 Å². The van der Waals surface area contributed by atoms with Gasteiger partial charge < -0.3 is 25.4 Å². The highest BCUT2D eigenvalue weighted by molar-refractivity contribution is 5.88. The van der Waals surface area contributed by atoms with Crippen LogP contribution in [0.4, 0.5) is 4.79 Å². The van der Waals surface area contributed by atoms with E-state index in [-0.39, 0.29) is 43.6 Å². The van der Waals surface area contributed by atoms with E-state index in [2.05, 4.69) is 22.8 Å². The van der Waals surface area contributed by atoms with Crippen LogP contribution in [0.5, 0.6) is 0 Å². The fourth-order valence-electron chi connectivity index (χ4n) is 5.77. The SMILES string of the molecule is O=C(CNC(=O)OCC1c2ccccc2-c2ccccc21)NCC(=O)N1C2CCC1C(C(=O)O)C2. The number of carboxylic acid groups (broad SMARTS) is 1. The molecule has 3 amide bonds. The van der Waals surface area contributed by atoms with Gasteiger partial charge in [-0.25, -0.2) is 4.79 Å². The van der Waals surface area contributed by atoms with Crippen LogP contribution in [0, 0.1) is 5.92 Å². The zero-order valence-electron chi connectivity index (χ0n) is 19.1. The minimum absolute atomic E-state index is 0.0787. The summed E-state index contributed by atoms with van der Waals surface area (Å²) in [6.45, 7) is -0.415. The number of fused-ring (bicyclic) bond motifs is 5. The Kier molecular flexibility index (Phi) is 6.15. The maximum Gasteiger partial charge on any atom is 0.407 e. The second kappa shape index (κ2) is 9.40. The lowest BCUT2D eigenvalue weighted by Crippen LogP contribution is -2.46. The first-order valence-corrected chi connectivity index (χ1v) is 11.8. The number of alkyl carbamates (subject to hydrolysis) is 1. The van der Waals surface area contributed by atoms with Crippen molar-refractivity contribution in [2.24, 2.45) is 5.92 Å². The molecular formula is C26H27N3O6. The summed E-state index contributed by atoms with van der Waals surface area (Å²) in [5.74, 6) is -2.32. The third kappa shape index (κ3) is 4.34. The number of amides is 3. The van der Waals surface area contributed by atoms with Crippen molar-refractivity contribution in [2.45, 2.75) is 37.3 Å². The summed E-state index contributed by atoms with van der Waals surface area (Å²) in [7, 11) is 0. The minimum Gasteiger partial charge on any atom is -0.481 e. The van der Waals surface area contributed by atoms with Crippen molar-refractivity contribution < 1.29 is 29.0 Å². The van der Waals surface area contributed by atoms with Crippen LogP contribution < -0.4 is 10.6 Å². The topological polar surface area (TPSA) is 125 Å². The van der Waals surface area contributed by atoms with Crippen LogP contribution in [0.15, 0.2) is 48.5 Å². The first-order valence-electron chi connectivity index (χ1n) is 11.8. The number of rotatable bonds is 7. The molecule has 0 radical (unpaired) electrons. The van der Waals surface area contributed by atoms with Gasteiger partial charge in [-0.3, -0.25) is 14.4 Å². The average Bonchev–Trinajstić information content (AvgIpc) is 3.54. The van der Waals surface area contributed by atoms with Gasteiger partial charge in [0.25, 0.3) is 0 Å². The molecule has 3 atom stereocenters. The summed E-state index contributed by atoms with van der Waals surface area (Å²) in [5, 5.41) is 14.3. The number of carbonyl (C=O) groups is 4. The van der Waals surface area contributed by atoms with Crippen LogP contribution >= 0.6 is 0 Å². The van der Waals surface area contributed by atoms with Crippen molar-refractivity contribution in [1.29, 1.82) is 0 Å². The third-order valence-electron chi connectivity index (χ3n) is 7.32. The molecule has 2 fully saturated rings. The number of hydrogen-bond donors (Lipinski definition) is 3. The van der Waals surface area contributed by atoms with Crippen LogP contribution in [0.3, 0.4) is 0 Å². The number of carboxylic acids is 1. The smallest absolute Gasteiger partial charge is 0.407 e. The summed E-state index contributed by atoms with van der Waals surface area (Å²) < 4.78 is 5.41. The number of benzene rings is 2. The summed E-state index contributed by atoms with van der Waals surface area (Å²) in [6, 6.07) is 15.6. The van der Waals surface area contributed by atoms with Crippen LogP contribution in [0.2, 0.25) is 0 Å². The summed E-state index contributed by atoms with van der Waals surface area (Å²) in [4.78, 5) is 49.9. The fraction of sp³-hybridized carbons (Fsp3) is 0.385. The molecule has 0 saturated carbocycles. The normalized spacial score (nSPS) is 21.8. The molecule has 3 unspecified atom stereocenters. The summed E-state index contributed by atoms with van der Waals surface area (Å²) >= 11 is 0. The first kappa shape index (κ1) is 22.9. The number of nitrogens with zero attached hydrogens (tertiary/aromatic N) is 1. The Balaban J connectivity index is 1.08. The van der Waals surface area contributed by atoms with Gasteiger partial charge in [0.05, 0.1) is 12.5 Å². The Labute approximate surface area is 202 Å². The van der Waals surface area contributed by atoms with E-state index in [0.29, 0.717) is 12.8 Å². The van der Waals surface area contributed by atoms with Crippen LogP contribution in [-0.2, 0) is 19.1 Å². The second-order valence-corrected chi connectivity index (χ2v) is 9.24. The molecule has 9 nitrogen and oxygen atoms in total. The number of hydrogen-bond acceptors (Lipinski definition) is 5. The molecule has 2 heterocycles. The van der Waals surface area contributed by atoms with Gasteiger partial charge in [0.1, 0.15) is 13.2 Å². The van der Waals surface area contributed by atoms with Crippen LogP contribution in [-0.4, -0.2) is 65.7 Å². The van der Waals surface area contributed by atoms with E-state index in [1.54, 1.807) is 4.90 Å². The van der Waals surface area contributed by atoms with E-state index in [0.717, 1.165) is 28.7 Å². The van der Waals surface area contributed by atoms with E-state index in [1.165, 1.54) is 0 Å². The molecule has 2 bridgehead atoms. The van der Waals surface area contributed by atoms with Gasteiger partial charge in [0, 0.05) is 18.0 Å². The Morgan fingerprint density at radius 3 is 2.20 bits per heavy atom. The van der Waals surface area contributed by atoms with Crippen molar-refractivity contribution >= 4 is 23.9 Å². The number of ether oxygens (including phenoxy) is 1. The lowest BCUT2D eigenvalue weighted by molar-refractivity contribution is -0.143. The zero-order chi connectivity index (χ0) is 24.5. The second-order valence-electron chi connectivity index (χ2n) is 9.24. The maximum atomic E-state index is 12.6. The first-order chi connectivity index (χ1) is 16.9. The highest BCUT2D eigenvalue weighted by Crippen LogP contribution is 2.44. The molecule has 2 aromatic carbocycles. The number of carbonyl (C=O) groups excluding carboxylic acids is 3. The molecule has 2 saturated heterocycles. The predicted molar refractivity (Wildman–Crippen MR) is 125 cm³/mol. The highest BCUT2D eigenvalue weighted by atomic mass is 16.5. The Bertz CT molecular complexity index is 1140. The molecule has 3 N–H and O–H groups in total. The maximum absolute atomic E-state index is 12.6. The molecule has 2 aromatic rings. The van der Waals surface area contributed by atoms with Gasteiger partial charge in [-0.15, -0.1) is 0 Å². The van der Waals surface area contributed by atoms with Crippen molar-refractivity contribution in [2.75, 3.05) is 19.7 Å². The molecule has 3 aliphatic rings. The van der Waals surface area contributed by atoms with Gasteiger partial charge in [0.15, 0.2) is 0 Å². The van der Waals surface area contributed by atoms with Crippen molar-refractivity contribution in [1.82, 2.24) is 15.5 Å². The van der Waals surface area contributed by atoms with Crippen molar-refractivity contribution in [3.05, 3.63) is 59.7 Å². The molecule has 1 aliphatic carbocycles. The summed E-state index contributed by atoms with van der Waals surface area (Å²) in [5.41, 5.74) is 4.45. The standard InChI is InChI=1S/C26H27N3O6/c30-23(27-13-24(31)29-15-9-10-22(29)20(11-15)25(32)33)12-28-26(34)35-14-21-18-7-3-1-5-16(18)17-6-2-4-8-19(17)21/h1-8,15,20-22H,9-14H2,(H,27,30)(H,28,34)(H,32,33). The van der Waals surface area contributed by atoms with Gasteiger partial charge in [0.2, 0.25) is 11.8 Å². The Hall–Kier alpha value is -3.88. The fourth-order valence-corrected chi connectivity index (χ4v) is 5.77. The van der Waals surface area contributed by atoms with E-state index >= 15 is 0 Å². The van der Waals surface area contributed by atoms with Crippen molar-refractivity contribution in [3.63, 3.8) is 0 Å². The molecule has 5 rings (SSSR count). The third-order valence-corrected chi connectivity index (χ3v) is 7.32. The zero-order valence-corrected chi connectivity index (χ0v) is 19.1. The van der Waals surface area contributed by atoms with Gasteiger partial charge in [-0.1, -0.05) is 48.5 Å². The molecule has 182 valence electrons. The van der Waals surface area contributed by atoms with Gasteiger partial charge in [-0.05, 0) is 41.5 Å². The largest absolute Gasteiger partial charge is 0.481 e. The molecular weight excluding hydrogens is 450 g/mol. The number of aliphatic carboxylic acids is 1. The summed E-state index contributed by atoms with van der Waals surface area (Å²) in [6.07, 6.45) is 1.21. The quantitative estimate of drug-likeness (QED) is 0.561. The van der Waals surface area contributed by atoms with Crippen LogP contribution in [0.25, 0.3) is 11.1 Å². The molecule has 35 heavy (non-hydrogen) atoms. The van der Waals surface area contributed by atoms with E-state index in [9.17, 15) is 24.3 Å². The lowest BCUT2D eigenvalue weighted by Gasteiger charge is -2.23. The van der Waals surface area contributed by atoms with E-state index < -0.39 is 23.9 Å². The molecule has 9 heteroatoms. The lowest BCUT2D eigenvalue weighted by atomic mass is 9.89. The molecule has 0 aromatic heterocycles. The van der Waals surface area contributed by atoms with E-state index in [4.69, 9.17) is 4.74 Å². The average molecular weight is 478 g/mol. The van der Waals surface area contributed by atoms with E-state index in [1.807, 2.05) is 36.4 Å². The van der Waals surface area contributed by atoms with Gasteiger partial charge in [-0.2, -0.15) is 0 Å². The highest BCUT2D eigenvalue weighted by Gasteiger charge is 2.51. The molecule has 0 spiro atoms. The number of nitrogens with one attached hydrogen (secondary N) is 2.